The highest BCUT2D eigenvalue weighted by molar-refractivity contribution is 8.14. The van der Waals surface area contributed by atoms with Gasteiger partial charge in [-0.15, -0.1) is 0 Å². The number of carbonyl (C=O) groups is 2. The Labute approximate surface area is 206 Å². The number of anilines is 1. The van der Waals surface area contributed by atoms with E-state index in [1.165, 1.54) is 16.7 Å². The number of hydrogen-bond donors (Lipinski definition) is 0. The van der Waals surface area contributed by atoms with Crippen LogP contribution in [0.5, 0.6) is 11.5 Å². The molecule has 1 aliphatic heterocycles. The summed E-state index contributed by atoms with van der Waals surface area (Å²) in [6.07, 6.45) is 1.71. The van der Waals surface area contributed by atoms with Crippen molar-refractivity contribution >= 4 is 52.0 Å². The number of methoxy groups -OCH3 is 2. The number of ketones is 1. The number of amides is 1. The van der Waals surface area contributed by atoms with Gasteiger partial charge < -0.3 is 9.47 Å². The maximum absolute atomic E-state index is 13.4. The lowest BCUT2D eigenvalue weighted by Gasteiger charge is -2.18. The van der Waals surface area contributed by atoms with Gasteiger partial charge in [0.15, 0.2) is 11.0 Å². The van der Waals surface area contributed by atoms with Gasteiger partial charge in [0.05, 0.1) is 25.7 Å². The lowest BCUT2D eigenvalue weighted by atomic mass is 10.1. The molecule has 0 N–H and O–H groups in total. The second-order valence-electron chi connectivity index (χ2n) is 7.26. The summed E-state index contributed by atoms with van der Waals surface area (Å²) in [7, 11) is 3.16. The third-order valence-electron chi connectivity index (χ3n) is 5.06. The van der Waals surface area contributed by atoms with Gasteiger partial charge in [0.25, 0.3) is 5.91 Å². The zero-order chi connectivity index (χ0) is 24.1. The maximum atomic E-state index is 13.4. The van der Waals surface area contributed by atoms with Crippen LogP contribution in [0.25, 0.3) is 6.08 Å². The van der Waals surface area contributed by atoms with E-state index in [1.807, 2.05) is 24.3 Å². The highest BCUT2D eigenvalue weighted by atomic mass is 35.5. The van der Waals surface area contributed by atoms with E-state index in [2.05, 4.69) is 4.99 Å². The van der Waals surface area contributed by atoms with Gasteiger partial charge in [-0.1, -0.05) is 41.6 Å². The number of ether oxygens (including phenoxy) is 2. The maximum Gasteiger partial charge on any atom is 0.283 e. The van der Waals surface area contributed by atoms with E-state index in [9.17, 15) is 9.59 Å². The molecule has 0 radical (unpaired) electrons. The molecule has 1 amide bonds. The molecule has 0 atom stereocenters. The van der Waals surface area contributed by atoms with Crippen LogP contribution < -0.4 is 14.4 Å². The van der Waals surface area contributed by atoms with Crippen LogP contribution >= 0.6 is 23.4 Å². The van der Waals surface area contributed by atoms with Crippen molar-refractivity contribution in [3.8, 4) is 11.5 Å². The molecular formula is C26H21ClN2O4S. The first-order valence-corrected chi connectivity index (χ1v) is 11.7. The molecule has 34 heavy (non-hydrogen) atoms. The summed E-state index contributed by atoms with van der Waals surface area (Å²) in [6, 6.07) is 21.2. The fourth-order valence-corrected chi connectivity index (χ4v) is 4.31. The fourth-order valence-electron chi connectivity index (χ4n) is 3.28. The van der Waals surface area contributed by atoms with E-state index in [0.29, 0.717) is 27.2 Å². The highest BCUT2D eigenvalue weighted by Gasteiger charge is 2.32. The van der Waals surface area contributed by atoms with Gasteiger partial charge in [-0.3, -0.25) is 14.5 Å². The van der Waals surface area contributed by atoms with Gasteiger partial charge in [-0.25, -0.2) is 4.99 Å². The van der Waals surface area contributed by atoms with Crippen molar-refractivity contribution in [1.29, 1.82) is 0 Å². The minimum Gasteiger partial charge on any atom is -0.497 e. The molecule has 1 heterocycles. The van der Waals surface area contributed by atoms with E-state index in [-0.39, 0.29) is 23.1 Å². The van der Waals surface area contributed by atoms with Crippen molar-refractivity contribution in [2.45, 2.75) is 0 Å². The predicted octanol–water partition coefficient (Wildman–Crippen LogP) is 5.72. The number of benzene rings is 3. The summed E-state index contributed by atoms with van der Waals surface area (Å²) >= 11 is 7.12. The molecule has 0 aromatic heterocycles. The van der Waals surface area contributed by atoms with Gasteiger partial charge in [-0.05, 0) is 60.2 Å². The van der Waals surface area contributed by atoms with E-state index >= 15 is 0 Å². The molecule has 0 fully saturated rings. The molecule has 1 aliphatic rings. The largest absolute Gasteiger partial charge is 0.497 e. The molecule has 4 rings (SSSR count). The zero-order valence-electron chi connectivity index (χ0n) is 18.5. The Morgan fingerprint density at radius 3 is 2.38 bits per heavy atom. The Bertz CT molecular complexity index is 1270. The molecule has 0 bridgehead atoms. The summed E-state index contributed by atoms with van der Waals surface area (Å²) in [5.74, 6) is 1.07. The number of aliphatic imine (C=N–C) groups is 1. The Morgan fingerprint density at radius 2 is 1.71 bits per heavy atom. The van der Waals surface area contributed by atoms with Crippen molar-refractivity contribution in [2.24, 2.45) is 4.99 Å². The number of halogens is 1. The lowest BCUT2D eigenvalue weighted by Crippen LogP contribution is -2.30. The molecule has 0 saturated carbocycles. The van der Waals surface area contributed by atoms with Gasteiger partial charge in [0.2, 0.25) is 0 Å². The van der Waals surface area contributed by atoms with Gasteiger partial charge in [0, 0.05) is 16.7 Å². The first-order valence-electron chi connectivity index (χ1n) is 10.3. The summed E-state index contributed by atoms with van der Waals surface area (Å²) < 4.78 is 10.5. The van der Waals surface area contributed by atoms with Crippen LogP contribution in [0.2, 0.25) is 5.02 Å². The number of amidine groups is 1. The number of carbonyl (C=O) groups excluding carboxylic acids is 2. The number of Topliss-reactive ketones (excluding diaryl/α,β-unsaturated/α-hetero) is 1. The van der Waals surface area contributed by atoms with Crippen LogP contribution in [-0.2, 0) is 4.79 Å². The van der Waals surface area contributed by atoms with Gasteiger partial charge >= 0.3 is 0 Å². The first-order chi connectivity index (χ1) is 16.5. The van der Waals surface area contributed by atoms with E-state index < -0.39 is 0 Å². The van der Waals surface area contributed by atoms with Crippen LogP contribution in [0.4, 0.5) is 5.69 Å². The molecule has 0 unspecified atom stereocenters. The van der Waals surface area contributed by atoms with E-state index in [1.54, 1.807) is 68.8 Å². The van der Waals surface area contributed by atoms with Gasteiger partial charge in [-0.2, -0.15) is 0 Å². The van der Waals surface area contributed by atoms with E-state index in [0.717, 1.165) is 11.3 Å². The molecule has 0 spiro atoms. The van der Waals surface area contributed by atoms with Crippen LogP contribution in [0.15, 0.2) is 83.5 Å². The topological polar surface area (TPSA) is 68.2 Å². The Hall–Kier alpha value is -3.55. The Morgan fingerprint density at radius 1 is 1.00 bits per heavy atom. The van der Waals surface area contributed by atoms with Crippen LogP contribution in [0.3, 0.4) is 0 Å². The smallest absolute Gasteiger partial charge is 0.283 e. The highest BCUT2D eigenvalue weighted by Crippen LogP contribution is 2.32. The van der Waals surface area contributed by atoms with Crippen molar-refractivity contribution in [2.75, 3.05) is 24.9 Å². The minimum absolute atomic E-state index is 0.0880. The minimum atomic E-state index is -0.287. The summed E-state index contributed by atoms with van der Waals surface area (Å²) in [5, 5.41) is 0.979. The third kappa shape index (κ3) is 5.32. The van der Waals surface area contributed by atoms with Crippen LogP contribution in [0.1, 0.15) is 15.9 Å². The molecule has 6 nitrogen and oxygen atoms in total. The zero-order valence-corrected chi connectivity index (χ0v) is 20.1. The fraction of sp³-hybridized carbons (Fsp3) is 0.115. The third-order valence-corrected chi connectivity index (χ3v) is 6.25. The average molecular weight is 493 g/mol. The quantitative estimate of drug-likeness (QED) is 0.312. The van der Waals surface area contributed by atoms with Crippen molar-refractivity contribution in [3.63, 3.8) is 0 Å². The number of rotatable bonds is 7. The monoisotopic (exact) mass is 492 g/mol. The second-order valence-corrected chi connectivity index (χ2v) is 8.64. The number of hydrogen-bond acceptors (Lipinski definition) is 6. The predicted molar refractivity (Wildman–Crippen MR) is 137 cm³/mol. The van der Waals surface area contributed by atoms with Crippen molar-refractivity contribution in [1.82, 2.24) is 0 Å². The summed E-state index contributed by atoms with van der Waals surface area (Å²) in [5.41, 5.74) is 2.23. The average Bonchev–Trinajstić information content (AvgIpc) is 3.18. The molecule has 3 aromatic rings. The molecule has 172 valence electrons. The molecule has 0 saturated heterocycles. The molecule has 8 heteroatoms. The van der Waals surface area contributed by atoms with E-state index in [4.69, 9.17) is 21.1 Å². The first kappa shape index (κ1) is 23.6. The van der Waals surface area contributed by atoms with Crippen molar-refractivity contribution < 1.29 is 19.1 Å². The van der Waals surface area contributed by atoms with Crippen LogP contribution in [0, 0.1) is 0 Å². The number of thioether (sulfide) groups is 1. The lowest BCUT2D eigenvalue weighted by molar-refractivity contribution is -0.113. The molecule has 3 aromatic carbocycles. The van der Waals surface area contributed by atoms with Crippen molar-refractivity contribution in [3.05, 3.63) is 94.6 Å². The summed E-state index contributed by atoms with van der Waals surface area (Å²) in [4.78, 5) is 32.1. The number of nitrogens with zero attached hydrogens (tertiary/aromatic N) is 2. The normalized spacial score (nSPS) is 14.3. The second kappa shape index (κ2) is 10.6. The summed E-state index contributed by atoms with van der Waals surface area (Å²) in [6.45, 7) is 0. The SMILES string of the molecule is COc1ccc(/C=C2/N=C(SCC(=O)c3ccc(Cl)cc3)N(c3cccc(OC)c3)C2=O)cc1. The molecular weight excluding hydrogens is 472 g/mol. The van der Waals surface area contributed by atoms with Crippen LogP contribution in [-0.4, -0.2) is 36.8 Å². The molecule has 0 aliphatic carbocycles. The van der Waals surface area contributed by atoms with Gasteiger partial charge in [0.1, 0.15) is 17.2 Å². The Kier molecular flexibility index (Phi) is 7.35. The standard InChI is InChI=1S/C26H21ClN2O4S/c1-32-21-12-6-17(7-13-21)14-23-25(31)29(20-4-3-5-22(15-20)33-2)26(28-23)34-16-24(30)18-8-10-19(27)11-9-18/h3-15H,16H2,1-2H3/b23-14+. The Balaban J connectivity index is 1.63.